The van der Waals surface area contributed by atoms with Gasteiger partial charge in [0.05, 0.1) is 25.4 Å². The predicted octanol–water partition coefficient (Wildman–Crippen LogP) is 3.71. The van der Waals surface area contributed by atoms with E-state index < -0.39 is 49.5 Å². The molecule has 0 radical (unpaired) electrons. The third kappa shape index (κ3) is 15.7. The van der Waals surface area contributed by atoms with E-state index in [0.717, 1.165) is 19.3 Å². The van der Waals surface area contributed by atoms with E-state index in [4.69, 9.17) is 9.47 Å². The number of carbonyl (C=O) groups excluding carboxylic acids is 1. The van der Waals surface area contributed by atoms with E-state index in [0.29, 0.717) is 6.42 Å². The fourth-order valence-corrected chi connectivity index (χ4v) is 5.06. The van der Waals surface area contributed by atoms with Crippen molar-refractivity contribution in [2.75, 3.05) is 13.2 Å². The Morgan fingerprint density at radius 1 is 0.769 bits per heavy atom. The smallest absolute Gasteiger partial charge is 0.220 e. The second-order valence-corrected chi connectivity index (χ2v) is 11.2. The van der Waals surface area contributed by atoms with Crippen molar-refractivity contribution in [3.63, 3.8) is 0 Å². The number of amides is 1. The molecule has 0 bridgehead atoms. The van der Waals surface area contributed by atoms with E-state index in [1.807, 2.05) is 0 Å². The monoisotopic (exact) mass is 561 g/mol. The molecular formula is C30H59NO8. The molecule has 1 fully saturated rings. The zero-order valence-corrected chi connectivity index (χ0v) is 24.6. The summed E-state index contributed by atoms with van der Waals surface area (Å²) in [6.07, 6.45) is 13.4. The largest absolute Gasteiger partial charge is 0.394 e. The van der Waals surface area contributed by atoms with Crippen molar-refractivity contribution in [3.05, 3.63) is 0 Å². The van der Waals surface area contributed by atoms with Crippen LogP contribution in [0.25, 0.3) is 0 Å². The highest BCUT2D eigenvalue weighted by atomic mass is 16.7. The fourth-order valence-electron chi connectivity index (χ4n) is 5.06. The van der Waals surface area contributed by atoms with Crippen LogP contribution in [0.15, 0.2) is 0 Å². The zero-order valence-electron chi connectivity index (χ0n) is 24.6. The molecule has 1 heterocycles. The summed E-state index contributed by atoms with van der Waals surface area (Å²) in [6, 6.07) is -0.707. The first kappa shape index (κ1) is 36.2. The maximum Gasteiger partial charge on any atom is 0.220 e. The van der Waals surface area contributed by atoms with Gasteiger partial charge in [-0.05, 0) is 6.42 Å². The van der Waals surface area contributed by atoms with Gasteiger partial charge in [-0.1, -0.05) is 117 Å². The molecule has 6 N–H and O–H groups in total. The summed E-state index contributed by atoms with van der Waals surface area (Å²) in [4.78, 5) is 12.0. The molecule has 1 amide bonds. The minimum atomic E-state index is -1.54. The fraction of sp³-hybridized carbons (Fsp3) is 0.967. The number of rotatable bonds is 24. The quantitative estimate of drug-likeness (QED) is 0.0977. The summed E-state index contributed by atoms with van der Waals surface area (Å²) in [5.74, 6) is -0.233. The maximum absolute atomic E-state index is 12.0. The van der Waals surface area contributed by atoms with Crippen molar-refractivity contribution < 1.29 is 39.8 Å². The molecule has 0 aromatic rings. The number of carbonyl (C=O) groups is 1. The molecule has 0 aliphatic carbocycles. The van der Waals surface area contributed by atoms with Crippen molar-refractivity contribution in [1.82, 2.24) is 5.32 Å². The van der Waals surface area contributed by atoms with Crippen LogP contribution in [0.2, 0.25) is 0 Å². The summed E-state index contributed by atoms with van der Waals surface area (Å²) >= 11 is 0. The van der Waals surface area contributed by atoms with E-state index in [-0.39, 0.29) is 18.9 Å². The van der Waals surface area contributed by atoms with Gasteiger partial charge in [-0.25, -0.2) is 0 Å². The van der Waals surface area contributed by atoms with Crippen LogP contribution in [0.3, 0.4) is 0 Å². The van der Waals surface area contributed by atoms with Gasteiger partial charge in [0.25, 0.3) is 0 Å². The first-order valence-corrected chi connectivity index (χ1v) is 15.7. The Balaban J connectivity index is 2.20. The number of nitrogens with one attached hydrogen (secondary N) is 1. The van der Waals surface area contributed by atoms with Gasteiger partial charge >= 0.3 is 0 Å². The van der Waals surface area contributed by atoms with Crippen LogP contribution in [0, 0.1) is 0 Å². The summed E-state index contributed by atoms with van der Waals surface area (Å²) in [6.45, 7) is 3.28. The van der Waals surface area contributed by atoms with Crippen molar-refractivity contribution >= 4 is 5.91 Å². The summed E-state index contributed by atoms with van der Waals surface area (Å²) in [5, 5.41) is 52.9. The molecule has 1 rings (SSSR count). The minimum absolute atomic E-state index is 0.144. The molecule has 9 heteroatoms. The van der Waals surface area contributed by atoms with Crippen molar-refractivity contribution in [3.8, 4) is 0 Å². The lowest BCUT2D eigenvalue weighted by Crippen LogP contribution is -2.60. The van der Waals surface area contributed by atoms with Gasteiger partial charge in [-0.2, -0.15) is 0 Å². The van der Waals surface area contributed by atoms with Crippen LogP contribution in [-0.4, -0.2) is 87.5 Å². The number of hydrogen-bond donors (Lipinski definition) is 6. The van der Waals surface area contributed by atoms with Crippen LogP contribution in [-0.2, 0) is 14.3 Å². The van der Waals surface area contributed by atoms with Gasteiger partial charge < -0.3 is 40.3 Å². The van der Waals surface area contributed by atoms with Crippen LogP contribution in [0.4, 0.5) is 0 Å². The third-order valence-electron chi connectivity index (χ3n) is 7.77. The van der Waals surface area contributed by atoms with Crippen LogP contribution < -0.4 is 5.32 Å². The van der Waals surface area contributed by atoms with Crippen LogP contribution in [0.5, 0.6) is 0 Å². The van der Waals surface area contributed by atoms with Crippen LogP contribution >= 0.6 is 0 Å². The Labute approximate surface area is 236 Å². The average Bonchev–Trinajstić information content (AvgIpc) is 2.94. The highest BCUT2D eigenvalue weighted by Crippen LogP contribution is 2.22. The average molecular weight is 562 g/mol. The van der Waals surface area contributed by atoms with E-state index in [9.17, 15) is 30.3 Å². The third-order valence-corrected chi connectivity index (χ3v) is 7.77. The molecule has 1 saturated heterocycles. The lowest BCUT2D eigenvalue weighted by molar-refractivity contribution is -0.302. The van der Waals surface area contributed by atoms with E-state index in [2.05, 4.69) is 12.2 Å². The number of hydrogen-bond acceptors (Lipinski definition) is 8. The molecule has 0 spiro atoms. The molecule has 9 nitrogen and oxygen atoms in total. The SMILES string of the molecule is CCCCCCCCCCCCCCCCCCC(O)C(COC1OC(CO)C(O)C(O)C1O)NC(=O)CC. The summed E-state index contributed by atoms with van der Waals surface area (Å²) < 4.78 is 10.9. The van der Waals surface area contributed by atoms with Gasteiger partial charge in [-0.15, -0.1) is 0 Å². The van der Waals surface area contributed by atoms with Gasteiger partial charge in [-0.3, -0.25) is 4.79 Å². The Bertz CT molecular complexity index is 593. The topological polar surface area (TPSA) is 149 Å². The van der Waals surface area contributed by atoms with Gasteiger partial charge in [0.2, 0.25) is 5.91 Å². The number of unbranched alkanes of at least 4 members (excludes halogenated alkanes) is 15. The number of ether oxygens (including phenoxy) is 2. The minimum Gasteiger partial charge on any atom is -0.394 e. The molecule has 7 atom stereocenters. The lowest BCUT2D eigenvalue weighted by Gasteiger charge is -2.40. The van der Waals surface area contributed by atoms with E-state index in [1.54, 1.807) is 6.92 Å². The number of aliphatic hydroxyl groups is 5. The second kappa shape index (κ2) is 22.8. The Morgan fingerprint density at radius 2 is 1.26 bits per heavy atom. The Hall–Kier alpha value is -0.810. The van der Waals surface area contributed by atoms with E-state index >= 15 is 0 Å². The lowest BCUT2D eigenvalue weighted by atomic mass is 9.99. The van der Waals surface area contributed by atoms with Gasteiger partial charge in [0.1, 0.15) is 24.4 Å². The molecule has 232 valence electrons. The van der Waals surface area contributed by atoms with Gasteiger partial charge in [0.15, 0.2) is 6.29 Å². The molecule has 1 aliphatic heterocycles. The Morgan fingerprint density at radius 3 is 1.72 bits per heavy atom. The summed E-state index contributed by atoms with van der Waals surface area (Å²) in [5.41, 5.74) is 0. The van der Waals surface area contributed by atoms with Gasteiger partial charge in [0, 0.05) is 6.42 Å². The summed E-state index contributed by atoms with van der Waals surface area (Å²) in [7, 11) is 0. The molecule has 0 saturated carbocycles. The van der Waals surface area contributed by atoms with Crippen molar-refractivity contribution in [2.45, 2.75) is 172 Å². The zero-order chi connectivity index (χ0) is 28.9. The standard InChI is InChI=1S/C30H59NO8/c1-3-5-6-7-8-9-10-11-12-13-14-15-16-17-18-19-20-24(33)23(31-26(34)4-2)22-38-30-29(37)28(36)27(35)25(21-32)39-30/h23-25,27-30,32-33,35-37H,3-22H2,1-2H3,(H,31,34). The number of aliphatic hydroxyl groups excluding tert-OH is 5. The molecular weight excluding hydrogens is 502 g/mol. The highest BCUT2D eigenvalue weighted by Gasteiger charge is 2.44. The molecule has 0 aromatic carbocycles. The normalized spacial score (nSPS) is 24.9. The van der Waals surface area contributed by atoms with Crippen molar-refractivity contribution in [2.24, 2.45) is 0 Å². The second-order valence-electron chi connectivity index (χ2n) is 11.2. The molecule has 1 aliphatic rings. The predicted molar refractivity (Wildman–Crippen MR) is 152 cm³/mol. The highest BCUT2D eigenvalue weighted by molar-refractivity contribution is 5.75. The van der Waals surface area contributed by atoms with Crippen LogP contribution in [0.1, 0.15) is 129 Å². The van der Waals surface area contributed by atoms with Crippen molar-refractivity contribution in [1.29, 1.82) is 0 Å². The first-order valence-electron chi connectivity index (χ1n) is 15.7. The molecule has 7 unspecified atom stereocenters. The van der Waals surface area contributed by atoms with E-state index in [1.165, 1.54) is 83.5 Å². The molecule has 39 heavy (non-hydrogen) atoms. The first-order chi connectivity index (χ1) is 18.8. The maximum atomic E-state index is 12.0. The Kier molecular flexibility index (Phi) is 21.2. The molecule has 0 aromatic heterocycles.